The molecular weight excluding hydrogens is 170 g/mol. The van der Waals surface area contributed by atoms with Crippen molar-refractivity contribution >= 4 is 11.9 Å². The van der Waals surface area contributed by atoms with Crippen molar-refractivity contribution in [3.8, 4) is 0 Å². The van der Waals surface area contributed by atoms with Crippen molar-refractivity contribution < 1.29 is 14.3 Å². The molecule has 76 valence electrons. The standard InChI is InChI=1S/C9H17NO3/c1-5-8(7(4)11)10-9(12)13-6(2)3/h6,8H,5H2,1-4H3,(H,10,12). The second kappa shape index (κ2) is 5.56. The molecule has 0 saturated carbocycles. The average molecular weight is 187 g/mol. The molecule has 13 heavy (non-hydrogen) atoms. The Bertz CT molecular complexity index is 189. The van der Waals surface area contributed by atoms with Crippen molar-refractivity contribution in [1.82, 2.24) is 5.32 Å². The van der Waals surface area contributed by atoms with E-state index in [1.807, 2.05) is 6.92 Å². The van der Waals surface area contributed by atoms with Crippen molar-refractivity contribution in [2.45, 2.75) is 46.3 Å². The first-order valence-corrected chi connectivity index (χ1v) is 4.45. The van der Waals surface area contributed by atoms with Gasteiger partial charge in [0.2, 0.25) is 0 Å². The van der Waals surface area contributed by atoms with Crippen LogP contribution in [-0.2, 0) is 9.53 Å². The minimum Gasteiger partial charge on any atom is -0.447 e. The van der Waals surface area contributed by atoms with Crippen molar-refractivity contribution in [2.24, 2.45) is 0 Å². The summed E-state index contributed by atoms with van der Waals surface area (Å²) in [7, 11) is 0. The number of amides is 1. The Hall–Kier alpha value is -1.06. The highest BCUT2D eigenvalue weighted by atomic mass is 16.6. The van der Waals surface area contributed by atoms with E-state index in [-0.39, 0.29) is 11.9 Å². The summed E-state index contributed by atoms with van der Waals surface area (Å²) < 4.78 is 4.83. The second-order valence-electron chi connectivity index (χ2n) is 3.17. The molecule has 0 radical (unpaired) electrons. The normalized spacial score (nSPS) is 12.4. The third kappa shape index (κ3) is 5.22. The first-order valence-electron chi connectivity index (χ1n) is 4.45. The highest BCUT2D eigenvalue weighted by molar-refractivity contribution is 5.85. The molecule has 0 heterocycles. The Balaban J connectivity index is 3.94. The van der Waals surface area contributed by atoms with Crippen LogP contribution >= 0.6 is 0 Å². The van der Waals surface area contributed by atoms with E-state index >= 15 is 0 Å². The highest BCUT2D eigenvalue weighted by Crippen LogP contribution is 1.95. The molecule has 0 aromatic carbocycles. The zero-order chi connectivity index (χ0) is 10.4. The lowest BCUT2D eigenvalue weighted by Gasteiger charge is -2.15. The van der Waals surface area contributed by atoms with Gasteiger partial charge in [-0.15, -0.1) is 0 Å². The lowest BCUT2D eigenvalue weighted by atomic mass is 10.1. The maximum atomic E-state index is 11.0. The van der Waals surface area contributed by atoms with Gasteiger partial charge in [0.05, 0.1) is 12.1 Å². The van der Waals surface area contributed by atoms with Gasteiger partial charge in [-0.05, 0) is 27.2 Å². The van der Waals surface area contributed by atoms with Crippen LogP contribution in [0.1, 0.15) is 34.1 Å². The van der Waals surface area contributed by atoms with Crippen LogP contribution < -0.4 is 5.32 Å². The number of nitrogens with one attached hydrogen (secondary N) is 1. The number of hydrogen-bond acceptors (Lipinski definition) is 3. The Morgan fingerprint density at radius 1 is 1.38 bits per heavy atom. The van der Waals surface area contributed by atoms with Gasteiger partial charge in [-0.2, -0.15) is 0 Å². The predicted molar refractivity (Wildman–Crippen MR) is 49.5 cm³/mol. The maximum absolute atomic E-state index is 11.0. The topological polar surface area (TPSA) is 55.4 Å². The quantitative estimate of drug-likeness (QED) is 0.725. The van der Waals surface area contributed by atoms with Crippen LogP contribution in [0.3, 0.4) is 0 Å². The second-order valence-corrected chi connectivity index (χ2v) is 3.17. The molecule has 1 N–H and O–H groups in total. The smallest absolute Gasteiger partial charge is 0.407 e. The minimum absolute atomic E-state index is 0.0526. The molecule has 0 aromatic rings. The van der Waals surface area contributed by atoms with Crippen LogP contribution in [0.4, 0.5) is 4.79 Å². The summed E-state index contributed by atoms with van der Waals surface area (Å²) in [6.07, 6.45) is -0.107. The summed E-state index contributed by atoms with van der Waals surface area (Å²) in [6.45, 7) is 6.80. The van der Waals surface area contributed by atoms with Crippen LogP contribution in [0.15, 0.2) is 0 Å². The largest absolute Gasteiger partial charge is 0.447 e. The Morgan fingerprint density at radius 2 is 1.92 bits per heavy atom. The lowest BCUT2D eigenvalue weighted by Crippen LogP contribution is -2.40. The number of carbonyl (C=O) groups is 2. The molecule has 1 unspecified atom stereocenters. The fourth-order valence-electron chi connectivity index (χ4n) is 0.882. The zero-order valence-corrected chi connectivity index (χ0v) is 8.59. The molecule has 0 bridgehead atoms. The van der Waals surface area contributed by atoms with Gasteiger partial charge in [0, 0.05) is 0 Å². The number of ether oxygens (including phenoxy) is 1. The predicted octanol–water partition coefficient (Wildman–Crippen LogP) is 1.49. The van der Waals surface area contributed by atoms with Gasteiger partial charge in [-0.1, -0.05) is 6.92 Å². The summed E-state index contributed by atoms with van der Waals surface area (Å²) in [5, 5.41) is 2.49. The fourth-order valence-corrected chi connectivity index (χ4v) is 0.882. The first kappa shape index (κ1) is 11.9. The van der Waals surface area contributed by atoms with Gasteiger partial charge >= 0.3 is 6.09 Å². The van der Waals surface area contributed by atoms with Crippen LogP contribution in [0, 0.1) is 0 Å². The molecule has 0 saturated heterocycles. The highest BCUT2D eigenvalue weighted by Gasteiger charge is 2.15. The molecule has 1 amide bonds. The fraction of sp³-hybridized carbons (Fsp3) is 0.778. The van der Waals surface area contributed by atoms with Gasteiger partial charge in [-0.25, -0.2) is 4.79 Å². The van der Waals surface area contributed by atoms with Crippen molar-refractivity contribution in [3.05, 3.63) is 0 Å². The van der Waals surface area contributed by atoms with Crippen molar-refractivity contribution in [3.63, 3.8) is 0 Å². The summed E-state index contributed by atoms with van der Waals surface area (Å²) in [6, 6.07) is -0.425. The Labute approximate surface area is 78.6 Å². The molecule has 0 rings (SSSR count). The van der Waals surface area contributed by atoms with E-state index in [1.165, 1.54) is 6.92 Å². The van der Waals surface area contributed by atoms with Gasteiger partial charge in [0.1, 0.15) is 0 Å². The molecule has 1 atom stereocenters. The summed E-state index contributed by atoms with van der Waals surface area (Å²) in [4.78, 5) is 22.0. The van der Waals surface area contributed by atoms with Gasteiger partial charge in [0.15, 0.2) is 5.78 Å². The molecule has 4 nitrogen and oxygen atoms in total. The number of rotatable bonds is 4. The summed E-state index contributed by atoms with van der Waals surface area (Å²) in [5.41, 5.74) is 0. The van der Waals surface area contributed by atoms with Crippen LogP contribution in [0.25, 0.3) is 0 Å². The Morgan fingerprint density at radius 3 is 2.23 bits per heavy atom. The van der Waals surface area contributed by atoms with E-state index in [9.17, 15) is 9.59 Å². The lowest BCUT2D eigenvalue weighted by molar-refractivity contribution is -0.119. The zero-order valence-electron chi connectivity index (χ0n) is 8.59. The van der Waals surface area contributed by atoms with E-state index in [2.05, 4.69) is 5.32 Å². The number of alkyl carbamates (subject to hydrolysis) is 1. The molecular formula is C9H17NO3. The van der Waals surface area contributed by atoms with E-state index in [1.54, 1.807) is 13.8 Å². The SMILES string of the molecule is CCC(NC(=O)OC(C)C)C(C)=O. The number of Topliss-reactive ketones (excluding diaryl/α,β-unsaturated/α-hetero) is 1. The Kier molecular flexibility index (Phi) is 5.11. The van der Waals surface area contributed by atoms with E-state index < -0.39 is 12.1 Å². The minimum atomic E-state index is -0.531. The van der Waals surface area contributed by atoms with Crippen LogP contribution in [0.2, 0.25) is 0 Å². The van der Waals surface area contributed by atoms with E-state index in [0.29, 0.717) is 6.42 Å². The molecule has 4 heteroatoms. The number of ketones is 1. The molecule has 0 fully saturated rings. The summed E-state index contributed by atoms with van der Waals surface area (Å²) >= 11 is 0. The van der Waals surface area contributed by atoms with Gasteiger partial charge in [0.25, 0.3) is 0 Å². The average Bonchev–Trinajstić information content (AvgIpc) is 1.98. The summed E-state index contributed by atoms with van der Waals surface area (Å²) in [5.74, 6) is -0.0526. The third-order valence-corrected chi connectivity index (χ3v) is 1.53. The molecule has 0 aromatic heterocycles. The van der Waals surface area contributed by atoms with Gasteiger partial charge < -0.3 is 10.1 Å². The number of carbonyl (C=O) groups excluding carboxylic acids is 2. The molecule has 0 aliphatic rings. The maximum Gasteiger partial charge on any atom is 0.407 e. The molecule has 0 spiro atoms. The monoisotopic (exact) mass is 187 g/mol. The van der Waals surface area contributed by atoms with E-state index in [0.717, 1.165) is 0 Å². The van der Waals surface area contributed by atoms with E-state index in [4.69, 9.17) is 4.74 Å². The van der Waals surface area contributed by atoms with Gasteiger partial charge in [-0.3, -0.25) is 4.79 Å². The molecule has 0 aliphatic carbocycles. The van der Waals surface area contributed by atoms with Crippen LogP contribution in [0.5, 0.6) is 0 Å². The third-order valence-electron chi connectivity index (χ3n) is 1.53. The van der Waals surface area contributed by atoms with Crippen molar-refractivity contribution in [2.75, 3.05) is 0 Å². The number of hydrogen-bond donors (Lipinski definition) is 1. The van der Waals surface area contributed by atoms with Crippen molar-refractivity contribution in [1.29, 1.82) is 0 Å². The first-order chi connectivity index (χ1) is 5.97. The molecule has 0 aliphatic heterocycles. The van der Waals surface area contributed by atoms with Crippen LogP contribution in [-0.4, -0.2) is 24.0 Å².